The lowest BCUT2D eigenvalue weighted by molar-refractivity contribution is -0.112. The van der Waals surface area contributed by atoms with E-state index in [0.717, 1.165) is 35.6 Å². The molecule has 0 saturated carbocycles. The SMILES string of the molecule is COc1ccc2c(c1)CC[C@H]1C2=NN(/C(C)=C/C(C)=O)[C@H]1c1ccccc1F. The first kappa shape index (κ1) is 18.4. The lowest BCUT2D eigenvalue weighted by Crippen LogP contribution is -2.29. The molecule has 0 spiro atoms. The summed E-state index contributed by atoms with van der Waals surface area (Å²) < 4.78 is 20.1. The molecule has 2 aromatic rings. The topological polar surface area (TPSA) is 41.9 Å². The second kappa shape index (κ2) is 7.23. The van der Waals surface area contributed by atoms with Crippen LogP contribution in [0.2, 0.25) is 0 Å². The molecule has 0 fully saturated rings. The van der Waals surface area contributed by atoms with Crippen LogP contribution in [0.3, 0.4) is 0 Å². The van der Waals surface area contributed by atoms with Crippen LogP contribution >= 0.6 is 0 Å². The summed E-state index contributed by atoms with van der Waals surface area (Å²) in [6, 6.07) is 12.6. The van der Waals surface area contributed by atoms with E-state index in [2.05, 4.69) is 0 Å². The second-order valence-electron chi connectivity index (χ2n) is 7.36. The smallest absolute Gasteiger partial charge is 0.154 e. The summed E-state index contributed by atoms with van der Waals surface area (Å²) in [7, 11) is 1.66. The van der Waals surface area contributed by atoms with Crippen LogP contribution in [0.4, 0.5) is 4.39 Å². The third-order valence-corrected chi connectivity index (χ3v) is 5.52. The van der Waals surface area contributed by atoms with Gasteiger partial charge in [-0.2, -0.15) is 5.10 Å². The Morgan fingerprint density at radius 1 is 1.25 bits per heavy atom. The van der Waals surface area contributed by atoms with Gasteiger partial charge in [-0.25, -0.2) is 4.39 Å². The summed E-state index contributed by atoms with van der Waals surface area (Å²) in [6.07, 6.45) is 3.30. The molecule has 0 aromatic heterocycles. The van der Waals surface area contributed by atoms with Crippen molar-refractivity contribution in [2.75, 3.05) is 7.11 Å². The number of benzene rings is 2. The van der Waals surface area contributed by atoms with Crippen molar-refractivity contribution in [2.24, 2.45) is 11.0 Å². The van der Waals surface area contributed by atoms with Crippen LogP contribution in [0.5, 0.6) is 5.75 Å². The number of nitrogens with zero attached hydrogens (tertiary/aromatic N) is 2. The fourth-order valence-electron chi connectivity index (χ4n) is 4.31. The van der Waals surface area contributed by atoms with Gasteiger partial charge in [0.05, 0.1) is 18.9 Å². The monoisotopic (exact) mass is 378 g/mol. The van der Waals surface area contributed by atoms with Crippen LogP contribution in [0, 0.1) is 11.7 Å². The zero-order chi connectivity index (χ0) is 19.8. The number of hydrogen-bond acceptors (Lipinski definition) is 4. The molecule has 1 heterocycles. The lowest BCUT2D eigenvalue weighted by Gasteiger charge is -2.31. The summed E-state index contributed by atoms with van der Waals surface area (Å²) in [6.45, 7) is 3.37. The highest BCUT2D eigenvalue weighted by molar-refractivity contribution is 6.06. The lowest BCUT2D eigenvalue weighted by atomic mass is 9.77. The molecule has 0 unspecified atom stereocenters. The number of methoxy groups -OCH3 is 1. The van der Waals surface area contributed by atoms with Crippen LogP contribution in [0.15, 0.2) is 59.3 Å². The molecule has 0 saturated heterocycles. The van der Waals surface area contributed by atoms with Gasteiger partial charge in [0.25, 0.3) is 0 Å². The fourth-order valence-corrected chi connectivity index (χ4v) is 4.31. The van der Waals surface area contributed by atoms with E-state index in [9.17, 15) is 9.18 Å². The molecule has 4 nitrogen and oxygen atoms in total. The Balaban J connectivity index is 1.84. The van der Waals surface area contributed by atoms with E-state index in [4.69, 9.17) is 9.84 Å². The quantitative estimate of drug-likeness (QED) is 0.727. The van der Waals surface area contributed by atoms with Crippen molar-refractivity contribution in [1.82, 2.24) is 5.01 Å². The van der Waals surface area contributed by atoms with Gasteiger partial charge in [0, 0.05) is 28.8 Å². The van der Waals surface area contributed by atoms with Crippen LogP contribution < -0.4 is 4.74 Å². The van der Waals surface area contributed by atoms with Gasteiger partial charge in [-0.15, -0.1) is 0 Å². The standard InChI is InChI=1S/C23H23FN2O2/c1-14(12-15(2)27)26-23(19-6-4-5-7-21(19)24)20-10-8-16-13-17(28-3)9-11-18(16)22(20)25-26/h4-7,9,11-13,20,23H,8,10H2,1-3H3/b14-12+/t20-,23-/m0/s1. The molecular weight excluding hydrogens is 355 g/mol. The van der Waals surface area contributed by atoms with Gasteiger partial charge in [-0.05, 0) is 56.5 Å². The van der Waals surface area contributed by atoms with Crippen LogP contribution in [0.25, 0.3) is 0 Å². The van der Waals surface area contributed by atoms with Crippen molar-refractivity contribution in [3.8, 4) is 5.75 Å². The maximum Gasteiger partial charge on any atom is 0.154 e. The predicted octanol–water partition coefficient (Wildman–Crippen LogP) is 4.65. The van der Waals surface area contributed by atoms with E-state index >= 15 is 0 Å². The fraction of sp³-hybridized carbons (Fsp3) is 0.304. The molecule has 0 amide bonds. The molecule has 4 rings (SSSR count). The maximum absolute atomic E-state index is 14.7. The van der Waals surface area contributed by atoms with E-state index in [-0.39, 0.29) is 23.6 Å². The third-order valence-electron chi connectivity index (χ3n) is 5.52. The Morgan fingerprint density at radius 3 is 2.75 bits per heavy atom. The van der Waals surface area contributed by atoms with Gasteiger partial charge in [0.1, 0.15) is 11.6 Å². The average Bonchev–Trinajstić information content (AvgIpc) is 3.07. The molecule has 144 valence electrons. The number of aryl methyl sites for hydroxylation is 1. The first-order valence-electron chi connectivity index (χ1n) is 9.48. The number of carbonyl (C=O) groups is 1. The molecule has 1 aliphatic heterocycles. The van der Waals surface area contributed by atoms with Crippen molar-refractivity contribution in [1.29, 1.82) is 0 Å². The molecule has 5 heteroatoms. The van der Waals surface area contributed by atoms with Crippen molar-refractivity contribution in [3.63, 3.8) is 0 Å². The van der Waals surface area contributed by atoms with E-state index in [1.54, 1.807) is 19.3 Å². The minimum Gasteiger partial charge on any atom is -0.497 e. The first-order valence-corrected chi connectivity index (χ1v) is 9.48. The summed E-state index contributed by atoms with van der Waals surface area (Å²) in [4.78, 5) is 11.7. The number of hydrazone groups is 1. The molecule has 0 N–H and O–H groups in total. The van der Waals surface area contributed by atoms with E-state index in [1.807, 2.05) is 42.3 Å². The highest BCUT2D eigenvalue weighted by Crippen LogP contribution is 2.45. The molecule has 2 atom stereocenters. The van der Waals surface area contributed by atoms with Crippen molar-refractivity contribution in [3.05, 3.63) is 76.7 Å². The molecule has 28 heavy (non-hydrogen) atoms. The van der Waals surface area contributed by atoms with E-state index < -0.39 is 0 Å². The minimum absolute atomic E-state index is 0.0509. The predicted molar refractivity (Wildman–Crippen MR) is 107 cm³/mol. The normalized spacial score (nSPS) is 21.1. The Bertz CT molecular complexity index is 996. The summed E-state index contributed by atoms with van der Waals surface area (Å²) in [5, 5.41) is 6.70. The van der Waals surface area contributed by atoms with Crippen molar-refractivity contribution in [2.45, 2.75) is 32.7 Å². The van der Waals surface area contributed by atoms with E-state index in [0.29, 0.717) is 5.56 Å². The number of ether oxygens (including phenoxy) is 1. The molecule has 2 aliphatic rings. The van der Waals surface area contributed by atoms with E-state index in [1.165, 1.54) is 18.6 Å². The molecular formula is C23H23FN2O2. The Kier molecular flexibility index (Phi) is 4.75. The van der Waals surface area contributed by atoms with Gasteiger partial charge in [-0.3, -0.25) is 9.80 Å². The van der Waals surface area contributed by atoms with Gasteiger partial charge in [0.15, 0.2) is 5.78 Å². The van der Waals surface area contributed by atoms with Crippen LogP contribution in [0.1, 0.15) is 43.0 Å². The summed E-state index contributed by atoms with van der Waals surface area (Å²) in [5.74, 6) is 0.592. The van der Waals surface area contributed by atoms with Gasteiger partial charge < -0.3 is 4.74 Å². The summed E-state index contributed by atoms with van der Waals surface area (Å²) >= 11 is 0. The highest BCUT2D eigenvalue weighted by atomic mass is 19.1. The number of hydrogen-bond donors (Lipinski definition) is 0. The van der Waals surface area contributed by atoms with Gasteiger partial charge in [-0.1, -0.05) is 18.2 Å². The Labute approximate surface area is 164 Å². The molecule has 1 aliphatic carbocycles. The number of rotatable bonds is 4. The largest absolute Gasteiger partial charge is 0.497 e. The zero-order valence-corrected chi connectivity index (χ0v) is 16.3. The second-order valence-corrected chi connectivity index (χ2v) is 7.36. The zero-order valence-electron chi connectivity index (χ0n) is 16.3. The van der Waals surface area contributed by atoms with Gasteiger partial charge >= 0.3 is 0 Å². The number of halogens is 1. The number of fused-ring (bicyclic) bond motifs is 3. The maximum atomic E-state index is 14.7. The van der Waals surface area contributed by atoms with Crippen molar-refractivity contribution < 1.29 is 13.9 Å². The Morgan fingerprint density at radius 2 is 2.04 bits per heavy atom. The number of ketones is 1. The number of allylic oxidation sites excluding steroid dienone is 2. The third kappa shape index (κ3) is 3.11. The van der Waals surface area contributed by atoms with Crippen LogP contribution in [-0.4, -0.2) is 23.6 Å². The molecule has 2 aromatic carbocycles. The highest BCUT2D eigenvalue weighted by Gasteiger charge is 2.43. The Hall–Kier alpha value is -2.95. The van der Waals surface area contributed by atoms with Crippen LogP contribution in [-0.2, 0) is 11.2 Å². The first-order chi connectivity index (χ1) is 13.5. The minimum atomic E-state index is -0.262. The summed E-state index contributed by atoms with van der Waals surface area (Å²) in [5.41, 5.74) is 4.55. The van der Waals surface area contributed by atoms with Crippen molar-refractivity contribution >= 4 is 11.5 Å². The molecule has 0 radical (unpaired) electrons. The number of carbonyl (C=O) groups excluding carboxylic acids is 1. The molecule has 0 bridgehead atoms. The average molecular weight is 378 g/mol. The van der Waals surface area contributed by atoms with Gasteiger partial charge in [0.2, 0.25) is 0 Å².